The van der Waals surface area contributed by atoms with Crippen LogP contribution in [-0.4, -0.2) is 22.3 Å². The third kappa shape index (κ3) is 4.56. The van der Waals surface area contributed by atoms with Crippen LogP contribution in [0.25, 0.3) is 0 Å². The molecule has 0 aliphatic rings. The molecule has 0 heterocycles. The molecule has 0 radical (unpaired) electrons. The van der Waals surface area contributed by atoms with Gasteiger partial charge < -0.3 is 10.2 Å². The van der Waals surface area contributed by atoms with Crippen LogP contribution in [0.2, 0.25) is 0 Å². The van der Waals surface area contributed by atoms with Crippen molar-refractivity contribution in [1.82, 2.24) is 0 Å². The first kappa shape index (κ1) is 10.2. The molecule has 0 rings (SSSR count). The van der Waals surface area contributed by atoms with Gasteiger partial charge in [-0.25, -0.2) is 4.79 Å². The monoisotopic (exact) mass is 158 g/mol. The van der Waals surface area contributed by atoms with Crippen LogP contribution in [0.5, 0.6) is 0 Å². The molecule has 2 N–H and O–H groups in total. The van der Waals surface area contributed by atoms with Gasteiger partial charge in [0, 0.05) is 5.57 Å². The van der Waals surface area contributed by atoms with Crippen molar-refractivity contribution in [2.24, 2.45) is 0 Å². The Balaban J connectivity index is 3.82. The van der Waals surface area contributed by atoms with Crippen molar-refractivity contribution in [3.05, 3.63) is 11.6 Å². The van der Waals surface area contributed by atoms with Gasteiger partial charge in [-0.3, -0.25) is 0 Å². The summed E-state index contributed by atoms with van der Waals surface area (Å²) in [6.07, 6.45) is 2.21. The summed E-state index contributed by atoms with van der Waals surface area (Å²) in [5, 5.41) is 17.5. The fourth-order valence-corrected chi connectivity index (χ4v) is 0.567. The molecule has 0 aromatic carbocycles. The molecule has 0 saturated carbocycles. The van der Waals surface area contributed by atoms with Gasteiger partial charge >= 0.3 is 5.97 Å². The fraction of sp³-hybridized carbons (Fsp3) is 0.625. The number of carboxylic acids is 1. The molecule has 0 fully saturated rings. The minimum absolute atomic E-state index is 0.289. The zero-order valence-electron chi connectivity index (χ0n) is 6.87. The summed E-state index contributed by atoms with van der Waals surface area (Å²) in [6.45, 7) is 3.37. The number of aliphatic hydroxyl groups is 1. The van der Waals surface area contributed by atoms with E-state index in [1.54, 1.807) is 0 Å². The van der Waals surface area contributed by atoms with E-state index in [4.69, 9.17) is 10.2 Å². The molecular weight excluding hydrogens is 144 g/mol. The summed E-state index contributed by atoms with van der Waals surface area (Å²) in [7, 11) is 0. The van der Waals surface area contributed by atoms with Crippen molar-refractivity contribution < 1.29 is 15.0 Å². The predicted molar refractivity (Wildman–Crippen MR) is 42.3 cm³/mol. The smallest absolute Gasteiger partial charge is 0.330 e. The summed E-state index contributed by atoms with van der Waals surface area (Å²) in [5.74, 6) is -0.923. The molecule has 0 aromatic heterocycles. The Hall–Kier alpha value is -0.830. The van der Waals surface area contributed by atoms with E-state index in [1.165, 1.54) is 13.0 Å². The molecule has 0 aromatic rings. The minimum atomic E-state index is -0.923. The predicted octanol–water partition coefficient (Wildman–Crippen LogP) is 1.18. The number of carbonyl (C=O) groups is 1. The summed E-state index contributed by atoms with van der Waals surface area (Å²) in [5.41, 5.74) is 0.289. The van der Waals surface area contributed by atoms with Gasteiger partial charge in [-0.15, -0.1) is 0 Å². The molecule has 11 heavy (non-hydrogen) atoms. The summed E-state index contributed by atoms with van der Waals surface area (Å²) in [4.78, 5) is 10.3. The van der Waals surface area contributed by atoms with Crippen molar-refractivity contribution in [2.45, 2.75) is 32.8 Å². The largest absolute Gasteiger partial charge is 0.478 e. The lowest BCUT2D eigenvalue weighted by molar-refractivity contribution is -0.132. The Labute approximate surface area is 66.4 Å². The van der Waals surface area contributed by atoms with Gasteiger partial charge in [0.1, 0.15) is 0 Å². The SMILES string of the molecule is CC[C@@H](O)C/C=C(\C)C(=O)O. The molecule has 1 atom stereocenters. The van der Waals surface area contributed by atoms with Crippen molar-refractivity contribution in [2.75, 3.05) is 0 Å². The van der Waals surface area contributed by atoms with Gasteiger partial charge in [-0.05, 0) is 19.8 Å². The Morgan fingerprint density at radius 1 is 1.64 bits per heavy atom. The molecule has 0 bridgehead atoms. The highest BCUT2D eigenvalue weighted by Gasteiger charge is 2.01. The Morgan fingerprint density at radius 2 is 2.18 bits per heavy atom. The number of hydrogen-bond donors (Lipinski definition) is 2. The Morgan fingerprint density at radius 3 is 2.55 bits per heavy atom. The van der Waals surface area contributed by atoms with E-state index >= 15 is 0 Å². The quantitative estimate of drug-likeness (QED) is 0.604. The van der Waals surface area contributed by atoms with Crippen molar-refractivity contribution >= 4 is 5.97 Å². The Kier molecular flexibility index (Phi) is 4.54. The average molecular weight is 158 g/mol. The van der Waals surface area contributed by atoms with E-state index in [-0.39, 0.29) is 5.57 Å². The molecule has 0 aliphatic carbocycles. The van der Waals surface area contributed by atoms with Gasteiger partial charge in [0.15, 0.2) is 0 Å². The lowest BCUT2D eigenvalue weighted by Gasteiger charge is -2.02. The van der Waals surface area contributed by atoms with Crippen LogP contribution >= 0.6 is 0 Å². The average Bonchev–Trinajstić information content (AvgIpc) is 1.99. The van der Waals surface area contributed by atoms with Crippen LogP contribution in [0.1, 0.15) is 26.7 Å². The highest BCUT2D eigenvalue weighted by molar-refractivity contribution is 5.85. The second kappa shape index (κ2) is 4.91. The van der Waals surface area contributed by atoms with E-state index in [0.717, 1.165) is 0 Å². The fourth-order valence-electron chi connectivity index (χ4n) is 0.567. The van der Waals surface area contributed by atoms with Crippen LogP contribution in [0.3, 0.4) is 0 Å². The molecular formula is C8H14O3. The number of aliphatic hydroxyl groups excluding tert-OH is 1. The van der Waals surface area contributed by atoms with E-state index in [2.05, 4.69) is 0 Å². The number of rotatable bonds is 4. The van der Waals surface area contributed by atoms with Gasteiger partial charge in [-0.1, -0.05) is 13.0 Å². The number of hydrogen-bond acceptors (Lipinski definition) is 2. The van der Waals surface area contributed by atoms with Crippen LogP contribution in [0.15, 0.2) is 11.6 Å². The van der Waals surface area contributed by atoms with E-state index in [9.17, 15) is 4.79 Å². The van der Waals surface area contributed by atoms with Crippen LogP contribution in [0, 0.1) is 0 Å². The molecule has 0 spiro atoms. The number of carboxylic acid groups (broad SMARTS) is 1. The van der Waals surface area contributed by atoms with Crippen molar-refractivity contribution in [1.29, 1.82) is 0 Å². The summed E-state index contributed by atoms with van der Waals surface area (Å²) >= 11 is 0. The zero-order valence-corrected chi connectivity index (χ0v) is 6.87. The lowest BCUT2D eigenvalue weighted by Crippen LogP contribution is -2.04. The topological polar surface area (TPSA) is 57.5 Å². The maximum absolute atomic E-state index is 10.3. The first-order valence-corrected chi connectivity index (χ1v) is 3.66. The van der Waals surface area contributed by atoms with E-state index in [0.29, 0.717) is 12.8 Å². The normalized spacial score (nSPS) is 14.6. The zero-order chi connectivity index (χ0) is 8.85. The first-order chi connectivity index (χ1) is 5.07. The van der Waals surface area contributed by atoms with Crippen molar-refractivity contribution in [3.8, 4) is 0 Å². The molecule has 0 saturated heterocycles. The maximum atomic E-state index is 10.3. The highest BCUT2D eigenvalue weighted by atomic mass is 16.4. The second-order valence-corrected chi connectivity index (χ2v) is 2.49. The van der Waals surface area contributed by atoms with E-state index in [1.807, 2.05) is 6.92 Å². The molecule has 3 nitrogen and oxygen atoms in total. The maximum Gasteiger partial charge on any atom is 0.330 e. The molecule has 0 unspecified atom stereocenters. The third-order valence-corrected chi connectivity index (χ3v) is 1.50. The third-order valence-electron chi connectivity index (χ3n) is 1.50. The van der Waals surface area contributed by atoms with Gasteiger partial charge in [0.2, 0.25) is 0 Å². The van der Waals surface area contributed by atoms with Crippen LogP contribution in [-0.2, 0) is 4.79 Å². The van der Waals surface area contributed by atoms with Crippen LogP contribution in [0.4, 0.5) is 0 Å². The lowest BCUT2D eigenvalue weighted by atomic mass is 10.1. The van der Waals surface area contributed by atoms with Crippen molar-refractivity contribution in [3.63, 3.8) is 0 Å². The van der Waals surface area contributed by atoms with Gasteiger partial charge in [0.05, 0.1) is 6.10 Å². The first-order valence-electron chi connectivity index (χ1n) is 3.66. The number of aliphatic carboxylic acids is 1. The minimum Gasteiger partial charge on any atom is -0.478 e. The van der Waals surface area contributed by atoms with Gasteiger partial charge in [-0.2, -0.15) is 0 Å². The summed E-state index contributed by atoms with van der Waals surface area (Å²) in [6, 6.07) is 0. The molecule has 3 heteroatoms. The highest BCUT2D eigenvalue weighted by Crippen LogP contribution is 2.01. The summed E-state index contributed by atoms with van der Waals surface area (Å²) < 4.78 is 0. The van der Waals surface area contributed by atoms with E-state index < -0.39 is 12.1 Å². The Bertz CT molecular complexity index is 161. The molecule has 0 amide bonds. The van der Waals surface area contributed by atoms with Crippen LogP contribution < -0.4 is 0 Å². The molecule has 0 aliphatic heterocycles. The second-order valence-electron chi connectivity index (χ2n) is 2.49. The standard InChI is InChI=1S/C8H14O3/c1-3-7(9)5-4-6(2)8(10)11/h4,7,9H,3,5H2,1-2H3,(H,10,11)/b6-4+/t7-/m1/s1. The molecule has 64 valence electrons. The van der Waals surface area contributed by atoms with Gasteiger partial charge in [0.25, 0.3) is 0 Å².